The molecule has 1 aromatic carbocycles. The van der Waals surface area contributed by atoms with Gasteiger partial charge in [0.15, 0.2) is 0 Å². The van der Waals surface area contributed by atoms with Crippen molar-refractivity contribution in [3.63, 3.8) is 0 Å². The summed E-state index contributed by atoms with van der Waals surface area (Å²) in [5.74, 6) is 0. The number of halogens is 1. The summed E-state index contributed by atoms with van der Waals surface area (Å²) in [5, 5.41) is -0.158. The Balaban J connectivity index is 3.15. The molecule has 2 N–H and O–H groups in total. The zero-order valence-electron chi connectivity index (χ0n) is 6.59. The number of hydrogen-bond donors (Lipinski definition) is 2. The van der Waals surface area contributed by atoms with Gasteiger partial charge in [-0.15, -0.1) is 0 Å². The lowest BCUT2D eigenvalue weighted by molar-refractivity contribution is 0.388. The Morgan fingerprint density at radius 2 is 1.85 bits per heavy atom. The van der Waals surface area contributed by atoms with E-state index in [1.165, 1.54) is 0 Å². The van der Waals surface area contributed by atoms with E-state index >= 15 is 0 Å². The molecule has 0 atom stereocenters. The van der Waals surface area contributed by atoms with Crippen LogP contribution in [0.3, 0.4) is 0 Å². The van der Waals surface area contributed by atoms with Crippen LogP contribution in [0.2, 0.25) is 0 Å². The van der Waals surface area contributed by atoms with Crippen LogP contribution in [0.15, 0.2) is 35.9 Å². The predicted molar refractivity (Wildman–Crippen MR) is 52.3 cm³/mol. The first-order chi connectivity index (χ1) is 6.05. The van der Waals surface area contributed by atoms with E-state index in [0.29, 0.717) is 5.56 Å². The van der Waals surface area contributed by atoms with E-state index in [9.17, 15) is 4.57 Å². The Kier molecular flexibility index (Phi) is 3.28. The average Bonchev–Trinajstić information content (AvgIpc) is 2.05. The topological polar surface area (TPSA) is 57.5 Å². The van der Waals surface area contributed by atoms with Crippen molar-refractivity contribution in [3.05, 3.63) is 41.4 Å². The van der Waals surface area contributed by atoms with Crippen molar-refractivity contribution >= 4 is 24.5 Å². The minimum absolute atomic E-state index is 0.158. The van der Waals surface area contributed by atoms with E-state index < -0.39 is 7.60 Å². The molecule has 0 radical (unpaired) electrons. The van der Waals surface area contributed by atoms with Crippen molar-refractivity contribution in [2.45, 2.75) is 0 Å². The molecule has 0 fully saturated rings. The van der Waals surface area contributed by atoms with Crippen LogP contribution in [0.1, 0.15) is 5.56 Å². The minimum Gasteiger partial charge on any atom is -0.321 e. The second-order valence-corrected chi connectivity index (χ2v) is 4.19. The summed E-state index contributed by atoms with van der Waals surface area (Å²) < 4.78 is 10.9. The highest BCUT2D eigenvalue weighted by Crippen LogP contribution is 2.51. The normalized spacial score (nSPS) is 13.0. The van der Waals surface area contributed by atoms with E-state index in [4.69, 9.17) is 21.4 Å². The molecule has 0 saturated carbocycles. The molecular weight excluding hydrogens is 211 g/mol. The fourth-order valence-electron chi connectivity index (χ4n) is 0.904. The summed E-state index contributed by atoms with van der Waals surface area (Å²) in [6.45, 7) is 0. The molecule has 0 unspecified atom stereocenters. The molecular formula is C8H8ClO3P. The van der Waals surface area contributed by atoms with Crippen LogP contribution in [0.4, 0.5) is 0 Å². The third kappa shape index (κ3) is 2.68. The van der Waals surface area contributed by atoms with Gasteiger partial charge >= 0.3 is 7.60 Å². The fraction of sp³-hybridized carbons (Fsp3) is 0. The van der Waals surface area contributed by atoms with Crippen LogP contribution < -0.4 is 0 Å². The number of hydrogen-bond acceptors (Lipinski definition) is 1. The van der Waals surface area contributed by atoms with Crippen molar-refractivity contribution in [2.75, 3.05) is 0 Å². The maximum atomic E-state index is 10.9. The third-order valence-electron chi connectivity index (χ3n) is 1.49. The van der Waals surface area contributed by atoms with Gasteiger partial charge in [0.1, 0.15) is 0 Å². The zero-order valence-corrected chi connectivity index (χ0v) is 8.24. The van der Waals surface area contributed by atoms with Gasteiger partial charge in [0.25, 0.3) is 0 Å². The summed E-state index contributed by atoms with van der Waals surface area (Å²) >= 11 is 5.33. The Hall–Kier alpha value is -0.600. The van der Waals surface area contributed by atoms with Gasteiger partial charge in [-0.05, 0) is 5.56 Å². The van der Waals surface area contributed by atoms with Gasteiger partial charge in [0, 0.05) is 5.54 Å². The van der Waals surface area contributed by atoms with Gasteiger partial charge in [-0.1, -0.05) is 41.9 Å². The SMILES string of the molecule is O=P(O)(O)C(=CCl)c1ccccc1. The first-order valence-corrected chi connectivity index (χ1v) is 5.52. The molecule has 0 bridgehead atoms. The van der Waals surface area contributed by atoms with E-state index in [1.807, 2.05) is 0 Å². The fourth-order valence-corrected chi connectivity index (χ4v) is 2.02. The molecule has 5 heteroatoms. The van der Waals surface area contributed by atoms with Crippen LogP contribution in [-0.2, 0) is 4.57 Å². The van der Waals surface area contributed by atoms with E-state index in [-0.39, 0.29) is 5.31 Å². The molecule has 0 aromatic heterocycles. The lowest BCUT2D eigenvalue weighted by Gasteiger charge is -2.07. The second kappa shape index (κ2) is 4.07. The van der Waals surface area contributed by atoms with Gasteiger partial charge in [0.05, 0.1) is 5.31 Å². The lowest BCUT2D eigenvalue weighted by atomic mass is 10.2. The Labute approximate surface area is 80.8 Å². The summed E-state index contributed by atoms with van der Waals surface area (Å²) in [6.07, 6.45) is 0. The number of rotatable bonds is 2. The highest BCUT2D eigenvalue weighted by molar-refractivity contribution is 7.63. The first kappa shape index (κ1) is 10.5. The summed E-state index contributed by atoms with van der Waals surface area (Å²) in [4.78, 5) is 17.8. The average molecular weight is 219 g/mol. The minimum atomic E-state index is -4.27. The summed E-state index contributed by atoms with van der Waals surface area (Å²) in [5.41, 5.74) is 1.35. The molecule has 0 heterocycles. The van der Waals surface area contributed by atoms with Crippen molar-refractivity contribution in [1.29, 1.82) is 0 Å². The molecule has 70 valence electrons. The zero-order chi connectivity index (χ0) is 9.90. The molecule has 13 heavy (non-hydrogen) atoms. The number of benzene rings is 1. The highest BCUT2D eigenvalue weighted by atomic mass is 35.5. The van der Waals surface area contributed by atoms with E-state index in [1.54, 1.807) is 30.3 Å². The smallest absolute Gasteiger partial charge is 0.321 e. The molecule has 1 aromatic rings. The molecule has 3 nitrogen and oxygen atoms in total. The van der Waals surface area contributed by atoms with Crippen molar-refractivity contribution < 1.29 is 14.4 Å². The van der Waals surface area contributed by atoms with Crippen LogP contribution in [0, 0.1) is 0 Å². The van der Waals surface area contributed by atoms with E-state index in [0.717, 1.165) is 5.54 Å². The van der Waals surface area contributed by atoms with Crippen molar-refractivity contribution in [2.24, 2.45) is 0 Å². The quantitative estimate of drug-likeness (QED) is 0.750. The van der Waals surface area contributed by atoms with Crippen LogP contribution in [0.25, 0.3) is 5.31 Å². The maximum Gasteiger partial charge on any atom is 0.357 e. The largest absolute Gasteiger partial charge is 0.357 e. The van der Waals surface area contributed by atoms with E-state index in [2.05, 4.69) is 0 Å². The molecule has 1 rings (SSSR count). The maximum absolute atomic E-state index is 10.9. The van der Waals surface area contributed by atoms with Gasteiger partial charge < -0.3 is 9.79 Å². The van der Waals surface area contributed by atoms with Gasteiger partial charge in [-0.3, -0.25) is 4.57 Å². The Morgan fingerprint density at radius 1 is 1.31 bits per heavy atom. The summed E-state index contributed by atoms with van der Waals surface area (Å²) in [6, 6.07) is 8.31. The van der Waals surface area contributed by atoms with Gasteiger partial charge in [-0.2, -0.15) is 0 Å². The first-order valence-electron chi connectivity index (χ1n) is 3.47. The molecule has 0 amide bonds. The standard InChI is InChI=1S/C8H8ClO3P/c9-6-8(13(10,11)12)7-4-2-1-3-5-7/h1-6H,(H2,10,11,12). The van der Waals surface area contributed by atoms with Crippen molar-refractivity contribution in [1.82, 2.24) is 0 Å². The molecule has 0 spiro atoms. The van der Waals surface area contributed by atoms with Gasteiger partial charge in [0.2, 0.25) is 0 Å². The second-order valence-electron chi connectivity index (χ2n) is 2.40. The Bertz CT molecular complexity index is 355. The van der Waals surface area contributed by atoms with Crippen molar-refractivity contribution in [3.8, 4) is 0 Å². The van der Waals surface area contributed by atoms with Gasteiger partial charge in [-0.25, -0.2) is 0 Å². The lowest BCUT2D eigenvalue weighted by Crippen LogP contribution is -1.84. The third-order valence-corrected chi connectivity index (χ3v) is 2.87. The Morgan fingerprint density at radius 3 is 2.23 bits per heavy atom. The molecule has 0 aliphatic heterocycles. The monoisotopic (exact) mass is 218 g/mol. The molecule has 0 aliphatic rings. The van der Waals surface area contributed by atoms with Crippen LogP contribution in [0.5, 0.6) is 0 Å². The molecule has 0 aliphatic carbocycles. The molecule has 0 saturated heterocycles. The van der Waals surface area contributed by atoms with Crippen LogP contribution in [-0.4, -0.2) is 9.79 Å². The highest BCUT2D eigenvalue weighted by Gasteiger charge is 2.21. The predicted octanol–water partition coefficient (Wildman–Crippen LogP) is 2.40. The van der Waals surface area contributed by atoms with Crippen LogP contribution >= 0.6 is 19.2 Å². The summed E-state index contributed by atoms with van der Waals surface area (Å²) in [7, 11) is -4.27.